The van der Waals surface area contributed by atoms with E-state index in [-0.39, 0.29) is 0 Å². The lowest BCUT2D eigenvalue weighted by Crippen LogP contribution is -1.72. The van der Waals surface area contributed by atoms with Gasteiger partial charge in [-0.25, -0.2) is 0 Å². The van der Waals surface area contributed by atoms with Gasteiger partial charge in [0.25, 0.3) is 0 Å². The predicted octanol–water partition coefficient (Wildman–Crippen LogP) is 3.21. The van der Waals surface area contributed by atoms with Gasteiger partial charge in [0.2, 0.25) is 0 Å². The van der Waals surface area contributed by atoms with Crippen LogP contribution in [0.2, 0.25) is 0 Å². The van der Waals surface area contributed by atoms with Crippen molar-refractivity contribution in [3.05, 3.63) is 38.9 Å². The summed E-state index contributed by atoms with van der Waals surface area (Å²) in [4.78, 5) is 1.13. The minimum absolute atomic E-state index is 0.688. The maximum absolute atomic E-state index is 5.56. The SMILES string of the molecule is [B]/C(C=C)=C\c1sccc1Br. The smallest absolute Gasteiger partial charge is 0.113 e. The second-order valence-electron chi connectivity index (χ2n) is 1.98. The molecule has 0 atom stereocenters. The van der Waals surface area contributed by atoms with Crippen molar-refractivity contribution >= 4 is 41.2 Å². The van der Waals surface area contributed by atoms with E-state index < -0.39 is 0 Å². The van der Waals surface area contributed by atoms with Crippen molar-refractivity contribution in [3.63, 3.8) is 0 Å². The van der Waals surface area contributed by atoms with Gasteiger partial charge in [-0.2, -0.15) is 0 Å². The van der Waals surface area contributed by atoms with Crippen LogP contribution in [-0.2, 0) is 0 Å². The van der Waals surface area contributed by atoms with Crippen LogP contribution in [0.25, 0.3) is 6.08 Å². The summed E-state index contributed by atoms with van der Waals surface area (Å²) in [7, 11) is 5.56. The zero-order chi connectivity index (χ0) is 8.27. The molecule has 0 spiro atoms. The molecule has 11 heavy (non-hydrogen) atoms. The zero-order valence-corrected chi connectivity index (χ0v) is 8.28. The number of thiophene rings is 1. The van der Waals surface area contributed by atoms with Gasteiger partial charge in [-0.05, 0) is 27.4 Å². The first-order valence-electron chi connectivity index (χ1n) is 3.06. The maximum Gasteiger partial charge on any atom is 0.113 e. The molecule has 0 saturated carbocycles. The summed E-state index contributed by atoms with van der Waals surface area (Å²) < 4.78 is 1.08. The Hall–Kier alpha value is -0.275. The molecule has 0 aliphatic rings. The molecular weight excluding hydrogens is 219 g/mol. The van der Waals surface area contributed by atoms with E-state index in [1.54, 1.807) is 17.4 Å². The third-order valence-electron chi connectivity index (χ3n) is 1.18. The highest BCUT2D eigenvalue weighted by Crippen LogP contribution is 2.24. The standard InChI is InChI=1S/C8H6BBrS/c1-2-6(9)5-8-7(10)3-4-11-8/h2-5H,1H2/b6-5-. The monoisotopic (exact) mass is 224 g/mol. The van der Waals surface area contributed by atoms with Crippen LogP contribution in [-0.4, -0.2) is 7.85 Å². The molecule has 0 N–H and O–H groups in total. The molecule has 1 aromatic rings. The van der Waals surface area contributed by atoms with E-state index in [4.69, 9.17) is 7.85 Å². The summed E-state index contributed by atoms with van der Waals surface area (Å²) in [5.74, 6) is 0. The average molecular weight is 225 g/mol. The Labute approximate surface area is 80.2 Å². The quantitative estimate of drug-likeness (QED) is 0.535. The minimum atomic E-state index is 0.688. The molecular formula is C8H6BBrS. The Kier molecular flexibility index (Phi) is 3.15. The largest absolute Gasteiger partial charge is 0.143 e. The van der Waals surface area contributed by atoms with Crippen LogP contribution in [0.4, 0.5) is 0 Å². The predicted molar refractivity (Wildman–Crippen MR) is 55.9 cm³/mol. The van der Waals surface area contributed by atoms with Crippen molar-refractivity contribution in [1.82, 2.24) is 0 Å². The Morgan fingerprint density at radius 1 is 1.73 bits per heavy atom. The number of hydrogen-bond acceptors (Lipinski definition) is 1. The van der Waals surface area contributed by atoms with Gasteiger partial charge in [-0.3, -0.25) is 0 Å². The fourth-order valence-corrected chi connectivity index (χ4v) is 2.06. The normalized spacial score (nSPS) is 11.5. The van der Waals surface area contributed by atoms with Gasteiger partial charge >= 0.3 is 0 Å². The van der Waals surface area contributed by atoms with Crippen molar-refractivity contribution < 1.29 is 0 Å². The number of halogens is 1. The lowest BCUT2D eigenvalue weighted by Gasteiger charge is -1.90. The molecule has 0 nitrogen and oxygen atoms in total. The Bertz CT molecular complexity index is 288. The third-order valence-corrected chi connectivity index (χ3v) is 3.00. The number of rotatable bonds is 2. The summed E-state index contributed by atoms with van der Waals surface area (Å²) in [6.07, 6.45) is 3.52. The molecule has 1 aromatic heterocycles. The molecule has 0 unspecified atom stereocenters. The van der Waals surface area contributed by atoms with Crippen LogP contribution in [0.15, 0.2) is 34.0 Å². The molecule has 0 saturated heterocycles. The lowest BCUT2D eigenvalue weighted by atomic mass is 9.95. The van der Waals surface area contributed by atoms with Crippen molar-refractivity contribution in [2.24, 2.45) is 0 Å². The van der Waals surface area contributed by atoms with Crippen LogP contribution in [0.1, 0.15) is 4.88 Å². The van der Waals surface area contributed by atoms with E-state index in [1.807, 2.05) is 17.5 Å². The van der Waals surface area contributed by atoms with Gasteiger partial charge < -0.3 is 0 Å². The highest BCUT2D eigenvalue weighted by Gasteiger charge is 1.95. The zero-order valence-electron chi connectivity index (χ0n) is 5.88. The van der Waals surface area contributed by atoms with E-state index in [2.05, 4.69) is 22.5 Å². The van der Waals surface area contributed by atoms with Crippen molar-refractivity contribution in [3.8, 4) is 0 Å². The first kappa shape index (κ1) is 8.82. The van der Waals surface area contributed by atoms with E-state index in [9.17, 15) is 0 Å². The summed E-state index contributed by atoms with van der Waals surface area (Å²) in [6.45, 7) is 3.57. The molecule has 0 aliphatic heterocycles. The number of hydrogen-bond donors (Lipinski definition) is 0. The Morgan fingerprint density at radius 3 is 2.91 bits per heavy atom. The second-order valence-corrected chi connectivity index (χ2v) is 3.78. The van der Waals surface area contributed by atoms with Crippen LogP contribution in [0.5, 0.6) is 0 Å². The van der Waals surface area contributed by atoms with Crippen LogP contribution in [0.3, 0.4) is 0 Å². The van der Waals surface area contributed by atoms with Gasteiger partial charge in [0.15, 0.2) is 0 Å². The molecule has 0 fully saturated rings. The van der Waals surface area contributed by atoms with E-state index in [0.29, 0.717) is 5.47 Å². The average Bonchev–Trinajstić information content (AvgIpc) is 2.37. The maximum atomic E-state index is 5.56. The van der Waals surface area contributed by atoms with E-state index >= 15 is 0 Å². The van der Waals surface area contributed by atoms with Gasteiger partial charge in [0, 0.05) is 9.35 Å². The summed E-state index contributed by atoms with van der Waals surface area (Å²) in [5, 5.41) is 2.01. The lowest BCUT2D eigenvalue weighted by molar-refractivity contribution is 1.82. The van der Waals surface area contributed by atoms with Crippen LogP contribution < -0.4 is 0 Å². The van der Waals surface area contributed by atoms with Gasteiger partial charge in [-0.15, -0.1) is 11.3 Å². The van der Waals surface area contributed by atoms with E-state index in [0.717, 1.165) is 9.35 Å². The molecule has 0 aliphatic carbocycles. The first-order chi connectivity index (χ1) is 5.24. The van der Waals surface area contributed by atoms with Crippen molar-refractivity contribution in [2.75, 3.05) is 0 Å². The highest BCUT2D eigenvalue weighted by molar-refractivity contribution is 9.10. The molecule has 1 rings (SSSR count). The minimum Gasteiger partial charge on any atom is -0.143 e. The fraction of sp³-hybridized carbons (Fsp3) is 0. The molecule has 0 aromatic carbocycles. The molecule has 2 radical (unpaired) electrons. The van der Waals surface area contributed by atoms with Gasteiger partial charge in [0.05, 0.1) is 0 Å². The molecule has 3 heteroatoms. The molecule has 0 amide bonds. The third kappa shape index (κ3) is 2.35. The summed E-state index contributed by atoms with van der Waals surface area (Å²) in [5.41, 5.74) is 0.688. The molecule has 1 heterocycles. The topological polar surface area (TPSA) is 0 Å². The Morgan fingerprint density at radius 2 is 2.45 bits per heavy atom. The van der Waals surface area contributed by atoms with Crippen molar-refractivity contribution in [2.45, 2.75) is 0 Å². The fourth-order valence-electron chi connectivity index (χ4n) is 0.619. The summed E-state index contributed by atoms with van der Waals surface area (Å²) in [6, 6.07) is 1.99. The molecule has 54 valence electrons. The van der Waals surface area contributed by atoms with Gasteiger partial charge in [0.1, 0.15) is 7.85 Å². The number of allylic oxidation sites excluding steroid dienone is 2. The first-order valence-corrected chi connectivity index (χ1v) is 4.74. The second kappa shape index (κ2) is 3.93. The van der Waals surface area contributed by atoms with Crippen molar-refractivity contribution in [1.29, 1.82) is 0 Å². The van der Waals surface area contributed by atoms with Crippen LogP contribution in [0, 0.1) is 0 Å². The van der Waals surface area contributed by atoms with Crippen LogP contribution >= 0.6 is 27.3 Å². The highest BCUT2D eigenvalue weighted by atomic mass is 79.9. The van der Waals surface area contributed by atoms with Gasteiger partial charge in [-0.1, -0.05) is 24.2 Å². The Balaban J connectivity index is 2.94. The summed E-state index contributed by atoms with van der Waals surface area (Å²) >= 11 is 5.04. The van der Waals surface area contributed by atoms with E-state index in [1.165, 1.54) is 0 Å². The molecule has 0 bridgehead atoms.